The highest BCUT2D eigenvalue weighted by molar-refractivity contribution is 6.02. The fourth-order valence-electron chi connectivity index (χ4n) is 4.94. The molecule has 5 nitrogen and oxygen atoms in total. The molecule has 2 heterocycles. The molecule has 0 aromatic heterocycles. The van der Waals surface area contributed by atoms with Crippen molar-refractivity contribution in [3.8, 4) is 0 Å². The number of rotatable bonds is 4. The lowest BCUT2D eigenvalue weighted by atomic mass is 9.85. The maximum Gasteiger partial charge on any atom is 0.256 e. The van der Waals surface area contributed by atoms with Gasteiger partial charge in [0, 0.05) is 43.5 Å². The molecule has 5 rings (SSSR count). The van der Waals surface area contributed by atoms with Crippen molar-refractivity contribution in [2.75, 3.05) is 29.9 Å². The highest BCUT2D eigenvalue weighted by Gasteiger charge is 2.28. The van der Waals surface area contributed by atoms with E-state index in [4.69, 9.17) is 0 Å². The minimum Gasteiger partial charge on any atom is -0.366 e. The first-order valence-corrected chi connectivity index (χ1v) is 11.7. The minimum absolute atomic E-state index is 0.0854. The fourth-order valence-corrected chi connectivity index (χ4v) is 4.94. The van der Waals surface area contributed by atoms with Gasteiger partial charge in [0.05, 0.1) is 5.56 Å². The molecule has 0 bridgehead atoms. The molecule has 0 radical (unpaired) electrons. The summed E-state index contributed by atoms with van der Waals surface area (Å²) < 4.78 is 0. The van der Waals surface area contributed by atoms with Crippen LogP contribution in [-0.2, 0) is 17.8 Å². The van der Waals surface area contributed by atoms with Crippen LogP contribution in [-0.4, -0.2) is 36.3 Å². The number of fused-ring (bicyclic) bond motifs is 1. The Morgan fingerprint density at radius 1 is 0.871 bits per heavy atom. The second-order valence-corrected chi connectivity index (χ2v) is 9.14. The lowest BCUT2D eigenvalue weighted by molar-refractivity contribution is -0.122. The van der Waals surface area contributed by atoms with Crippen LogP contribution in [0.2, 0.25) is 0 Å². The molecule has 2 aliphatic heterocycles. The summed E-state index contributed by atoms with van der Waals surface area (Å²) in [5.41, 5.74) is 5.15. The van der Waals surface area contributed by atoms with Crippen LogP contribution in [0, 0.1) is 5.92 Å². The van der Waals surface area contributed by atoms with E-state index in [2.05, 4.69) is 34.5 Å². The number of nitrogens with one attached hydrogen (secondary N) is 1. The zero-order valence-corrected chi connectivity index (χ0v) is 18.1. The van der Waals surface area contributed by atoms with Crippen LogP contribution in [0.4, 0.5) is 11.4 Å². The van der Waals surface area contributed by atoms with Gasteiger partial charge in [-0.1, -0.05) is 30.7 Å². The number of anilines is 2. The normalized spacial score (nSPS) is 18.8. The van der Waals surface area contributed by atoms with E-state index in [1.54, 1.807) is 0 Å². The van der Waals surface area contributed by atoms with Gasteiger partial charge in [-0.25, -0.2) is 0 Å². The van der Waals surface area contributed by atoms with Crippen molar-refractivity contribution in [1.29, 1.82) is 0 Å². The number of hydrogen-bond donors (Lipinski definition) is 1. The van der Waals surface area contributed by atoms with E-state index >= 15 is 0 Å². The Hall–Kier alpha value is -2.82. The zero-order chi connectivity index (χ0) is 21.2. The van der Waals surface area contributed by atoms with E-state index in [0.29, 0.717) is 5.56 Å². The molecule has 0 atom stereocenters. The molecule has 1 saturated heterocycles. The average molecular weight is 418 g/mol. The molecule has 1 saturated carbocycles. The van der Waals surface area contributed by atoms with Crippen LogP contribution in [0.3, 0.4) is 0 Å². The third kappa shape index (κ3) is 4.18. The Bertz CT molecular complexity index is 976. The van der Waals surface area contributed by atoms with Crippen molar-refractivity contribution in [1.82, 2.24) is 4.90 Å². The summed E-state index contributed by atoms with van der Waals surface area (Å²) in [4.78, 5) is 30.3. The Morgan fingerprint density at radius 3 is 2.39 bits per heavy atom. The summed E-state index contributed by atoms with van der Waals surface area (Å²) in [7, 11) is 0. The molecule has 162 valence electrons. The SMILES string of the molecule is O=C(Nc1ccc(N2CCc3ccccc3C2)c(C(=O)N2CCCCC2)c1)C1CCC1. The van der Waals surface area contributed by atoms with Gasteiger partial charge in [-0.2, -0.15) is 0 Å². The van der Waals surface area contributed by atoms with Gasteiger partial charge in [0.25, 0.3) is 5.91 Å². The summed E-state index contributed by atoms with van der Waals surface area (Å²) in [5, 5.41) is 3.06. The van der Waals surface area contributed by atoms with Crippen LogP contribution in [0.1, 0.15) is 60.0 Å². The van der Waals surface area contributed by atoms with E-state index in [9.17, 15) is 9.59 Å². The molecule has 2 aromatic carbocycles. The molecular weight excluding hydrogens is 386 g/mol. The lowest BCUT2D eigenvalue weighted by Crippen LogP contribution is -2.38. The Morgan fingerprint density at radius 2 is 1.65 bits per heavy atom. The van der Waals surface area contributed by atoms with Crippen molar-refractivity contribution in [3.63, 3.8) is 0 Å². The van der Waals surface area contributed by atoms with Crippen molar-refractivity contribution in [2.45, 2.75) is 51.5 Å². The fraction of sp³-hybridized carbons (Fsp3) is 0.462. The Labute approximate surface area is 184 Å². The first kappa shape index (κ1) is 20.1. The van der Waals surface area contributed by atoms with Crippen molar-refractivity contribution in [2.24, 2.45) is 5.92 Å². The molecule has 2 amide bonds. The topological polar surface area (TPSA) is 52.7 Å². The molecule has 0 unspecified atom stereocenters. The second kappa shape index (κ2) is 8.74. The maximum atomic E-state index is 13.5. The molecule has 2 aromatic rings. The first-order chi connectivity index (χ1) is 15.2. The summed E-state index contributed by atoms with van der Waals surface area (Å²) in [6.45, 7) is 3.34. The quantitative estimate of drug-likeness (QED) is 0.790. The predicted molar refractivity (Wildman–Crippen MR) is 123 cm³/mol. The molecular formula is C26H31N3O2. The van der Waals surface area contributed by atoms with E-state index in [1.165, 1.54) is 17.5 Å². The van der Waals surface area contributed by atoms with Gasteiger partial charge in [0.1, 0.15) is 0 Å². The zero-order valence-electron chi connectivity index (χ0n) is 18.1. The van der Waals surface area contributed by atoms with Crippen LogP contribution >= 0.6 is 0 Å². The average Bonchev–Trinajstić information content (AvgIpc) is 2.77. The number of likely N-dealkylation sites (tertiary alicyclic amines) is 1. The van der Waals surface area contributed by atoms with E-state index in [1.807, 2.05) is 23.1 Å². The van der Waals surface area contributed by atoms with Crippen molar-refractivity contribution in [3.05, 3.63) is 59.2 Å². The van der Waals surface area contributed by atoms with Crippen LogP contribution in [0.5, 0.6) is 0 Å². The summed E-state index contributed by atoms with van der Waals surface area (Å²) >= 11 is 0. The van der Waals surface area contributed by atoms with Gasteiger partial charge >= 0.3 is 0 Å². The number of carbonyl (C=O) groups is 2. The second-order valence-electron chi connectivity index (χ2n) is 9.14. The minimum atomic E-state index is 0.0854. The Balaban J connectivity index is 1.44. The molecule has 31 heavy (non-hydrogen) atoms. The van der Waals surface area contributed by atoms with E-state index in [-0.39, 0.29) is 17.7 Å². The predicted octanol–water partition coefficient (Wildman–Crippen LogP) is 4.61. The molecule has 2 fully saturated rings. The van der Waals surface area contributed by atoms with Crippen LogP contribution in [0.15, 0.2) is 42.5 Å². The molecule has 1 aliphatic carbocycles. The number of piperidine rings is 1. The monoisotopic (exact) mass is 417 g/mol. The van der Waals surface area contributed by atoms with Gasteiger partial charge in [-0.3, -0.25) is 9.59 Å². The highest BCUT2D eigenvalue weighted by Crippen LogP contribution is 2.32. The van der Waals surface area contributed by atoms with Gasteiger partial charge in [-0.15, -0.1) is 0 Å². The summed E-state index contributed by atoms with van der Waals surface area (Å²) in [6, 6.07) is 14.5. The van der Waals surface area contributed by atoms with Crippen molar-refractivity contribution >= 4 is 23.2 Å². The standard InChI is InChI=1S/C26H31N3O2/c30-25(20-9-6-10-20)27-22-11-12-24(23(17-22)26(31)28-14-4-1-5-15-28)29-16-13-19-7-2-3-8-21(19)18-29/h2-3,7-8,11-12,17,20H,1,4-6,9-10,13-16,18H2,(H,27,30). The maximum absolute atomic E-state index is 13.5. The lowest BCUT2D eigenvalue weighted by Gasteiger charge is -2.34. The number of hydrogen-bond acceptors (Lipinski definition) is 3. The smallest absolute Gasteiger partial charge is 0.256 e. The van der Waals surface area contributed by atoms with Crippen LogP contribution < -0.4 is 10.2 Å². The molecule has 3 aliphatic rings. The molecule has 1 N–H and O–H groups in total. The molecule has 5 heteroatoms. The van der Waals surface area contributed by atoms with Gasteiger partial charge < -0.3 is 15.1 Å². The number of nitrogens with zero attached hydrogens (tertiary/aromatic N) is 2. The van der Waals surface area contributed by atoms with E-state index in [0.717, 1.165) is 76.1 Å². The summed E-state index contributed by atoms with van der Waals surface area (Å²) in [5.74, 6) is 0.301. The third-order valence-corrected chi connectivity index (χ3v) is 7.09. The van der Waals surface area contributed by atoms with Gasteiger partial charge in [0.15, 0.2) is 0 Å². The number of amides is 2. The van der Waals surface area contributed by atoms with Crippen LogP contribution in [0.25, 0.3) is 0 Å². The molecule has 0 spiro atoms. The summed E-state index contributed by atoms with van der Waals surface area (Å²) in [6.07, 6.45) is 7.37. The highest BCUT2D eigenvalue weighted by atomic mass is 16.2. The number of benzene rings is 2. The van der Waals surface area contributed by atoms with Crippen molar-refractivity contribution < 1.29 is 9.59 Å². The van der Waals surface area contributed by atoms with Gasteiger partial charge in [-0.05, 0) is 67.9 Å². The first-order valence-electron chi connectivity index (χ1n) is 11.7. The number of carbonyl (C=O) groups excluding carboxylic acids is 2. The largest absolute Gasteiger partial charge is 0.366 e. The Kier molecular flexibility index (Phi) is 5.66. The van der Waals surface area contributed by atoms with Gasteiger partial charge in [0.2, 0.25) is 5.91 Å². The van der Waals surface area contributed by atoms with E-state index < -0.39 is 0 Å². The third-order valence-electron chi connectivity index (χ3n) is 7.09.